The van der Waals surface area contributed by atoms with Crippen LogP contribution in [0.25, 0.3) is 11.0 Å². The van der Waals surface area contributed by atoms with Crippen molar-refractivity contribution in [2.75, 3.05) is 19.6 Å². The Labute approximate surface area is 129 Å². The summed E-state index contributed by atoms with van der Waals surface area (Å²) in [6, 6.07) is 5.69. The number of rotatable bonds is 2. The zero-order valence-electron chi connectivity index (χ0n) is 12.3. The molecular weight excluding hydrogens is 276 g/mol. The average Bonchev–Trinajstić information content (AvgIpc) is 3.09. The molecular formula is C18H18N2O2. The molecule has 2 aliphatic heterocycles. The Morgan fingerprint density at radius 1 is 1.41 bits per heavy atom. The van der Waals surface area contributed by atoms with E-state index in [1.807, 2.05) is 12.1 Å². The van der Waals surface area contributed by atoms with Crippen molar-refractivity contribution in [1.82, 2.24) is 10.2 Å². The summed E-state index contributed by atoms with van der Waals surface area (Å²) in [5, 5.41) is 4.03. The van der Waals surface area contributed by atoms with Gasteiger partial charge in [-0.3, -0.25) is 4.79 Å². The minimum Gasteiger partial charge on any atom is -0.463 e. The van der Waals surface area contributed by atoms with Crippen LogP contribution in [0.4, 0.5) is 0 Å². The van der Waals surface area contributed by atoms with Crippen molar-refractivity contribution in [3.8, 4) is 12.3 Å². The van der Waals surface area contributed by atoms with Crippen LogP contribution < -0.4 is 5.32 Å². The smallest absolute Gasteiger partial charge is 0.251 e. The van der Waals surface area contributed by atoms with Crippen LogP contribution in [0.15, 0.2) is 28.9 Å². The van der Waals surface area contributed by atoms with Gasteiger partial charge in [-0.1, -0.05) is 5.92 Å². The molecule has 1 N–H and O–H groups in total. The molecule has 0 saturated carbocycles. The summed E-state index contributed by atoms with van der Waals surface area (Å²) in [6.07, 6.45) is 9.33. The summed E-state index contributed by atoms with van der Waals surface area (Å²) in [6.45, 7) is 3.33. The van der Waals surface area contributed by atoms with Crippen LogP contribution in [0.1, 0.15) is 28.8 Å². The van der Waals surface area contributed by atoms with E-state index < -0.39 is 0 Å². The summed E-state index contributed by atoms with van der Waals surface area (Å²) in [4.78, 5) is 14.9. The summed E-state index contributed by atoms with van der Waals surface area (Å²) in [5.74, 6) is 3.29. The van der Waals surface area contributed by atoms with Crippen LogP contribution in [0.2, 0.25) is 0 Å². The van der Waals surface area contributed by atoms with Gasteiger partial charge in [-0.2, -0.15) is 0 Å². The maximum atomic E-state index is 12.5. The lowest BCUT2D eigenvalue weighted by Crippen LogP contribution is -2.47. The van der Waals surface area contributed by atoms with E-state index in [0.717, 1.165) is 29.8 Å². The molecule has 4 rings (SSSR count). The first-order valence-corrected chi connectivity index (χ1v) is 7.74. The fraction of sp³-hybridized carbons (Fsp3) is 0.389. The number of terminal acetylenes is 1. The number of fused-ring (bicyclic) bond motifs is 3. The maximum Gasteiger partial charge on any atom is 0.251 e. The lowest BCUT2D eigenvalue weighted by molar-refractivity contribution is 0.0909. The van der Waals surface area contributed by atoms with Gasteiger partial charge in [0.1, 0.15) is 11.8 Å². The first-order valence-electron chi connectivity index (χ1n) is 7.74. The molecule has 0 radical (unpaired) electrons. The average molecular weight is 294 g/mol. The Morgan fingerprint density at radius 3 is 3.14 bits per heavy atom. The van der Waals surface area contributed by atoms with E-state index in [1.165, 1.54) is 19.5 Å². The van der Waals surface area contributed by atoms with Gasteiger partial charge in [0.05, 0.1) is 5.56 Å². The van der Waals surface area contributed by atoms with Crippen LogP contribution in [-0.4, -0.2) is 36.5 Å². The van der Waals surface area contributed by atoms with Gasteiger partial charge in [-0.15, -0.1) is 6.42 Å². The highest BCUT2D eigenvalue weighted by atomic mass is 16.3. The van der Waals surface area contributed by atoms with Gasteiger partial charge in [0.2, 0.25) is 0 Å². The molecule has 0 spiro atoms. The van der Waals surface area contributed by atoms with E-state index in [0.29, 0.717) is 11.1 Å². The number of hydrogen-bond donors (Lipinski definition) is 1. The van der Waals surface area contributed by atoms with Gasteiger partial charge >= 0.3 is 0 Å². The number of furan rings is 1. The third-order valence-corrected chi connectivity index (χ3v) is 4.79. The number of nitrogens with zero attached hydrogens (tertiary/aromatic N) is 1. The monoisotopic (exact) mass is 294 g/mol. The molecule has 2 aromatic rings. The van der Waals surface area contributed by atoms with Crippen molar-refractivity contribution in [1.29, 1.82) is 0 Å². The number of amides is 1. The first-order chi connectivity index (χ1) is 10.7. The number of benzene rings is 1. The zero-order chi connectivity index (χ0) is 15.1. The lowest BCUT2D eigenvalue weighted by atomic mass is 9.96. The Morgan fingerprint density at radius 2 is 2.32 bits per heavy atom. The van der Waals surface area contributed by atoms with Gasteiger partial charge in [0.15, 0.2) is 0 Å². The summed E-state index contributed by atoms with van der Waals surface area (Å²) in [7, 11) is 0. The molecule has 4 nitrogen and oxygen atoms in total. The number of carbonyl (C=O) groups excluding carboxylic acids is 1. The third-order valence-electron chi connectivity index (χ3n) is 4.79. The Hall–Kier alpha value is -2.25. The van der Waals surface area contributed by atoms with Crippen molar-refractivity contribution in [3.05, 3.63) is 35.6 Å². The molecule has 2 fully saturated rings. The normalized spacial score (nSPS) is 26.8. The Balaban J connectivity index is 1.52. The van der Waals surface area contributed by atoms with E-state index in [2.05, 4.69) is 16.1 Å². The van der Waals surface area contributed by atoms with E-state index in [9.17, 15) is 4.79 Å². The van der Waals surface area contributed by atoms with Crippen molar-refractivity contribution in [2.24, 2.45) is 5.92 Å². The molecule has 2 saturated heterocycles. The number of carbonyl (C=O) groups is 1. The maximum absolute atomic E-state index is 12.5. The molecule has 2 bridgehead atoms. The fourth-order valence-corrected chi connectivity index (χ4v) is 3.71. The minimum absolute atomic E-state index is 0.0342. The van der Waals surface area contributed by atoms with E-state index in [-0.39, 0.29) is 11.9 Å². The highest BCUT2D eigenvalue weighted by Gasteiger charge is 2.32. The Kier molecular flexibility index (Phi) is 3.16. The third kappa shape index (κ3) is 2.28. The van der Waals surface area contributed by atoms with Gasteiger partial charge in [-0.05, 0) is 43.5 Å². The molecule has 1 unspecified atom stereocenters. The first kappa shape index (κ1) is 13.4. The number of piperidine rings is 1. The highest BCUT2D eigenvalue weighted by molar-refractivity contribution is 5.98. The molecule has 22 heavy (non-hydrogen) atoms. The highest BCUT2D eigenvalue weighted by Crippen LogP contribution is 2.27. The molecule has 4 heteroatoms. The van der Waals surface area contributed by atoms with E-state index in [4.69, 9.17) is 10.8 Å². The second kappa shape index (κ2) is 5.19. The standard InChI is InChI=1S/C18H18N2O2/c1-2-13-11-22-17-8-14(3-4-16(13)17)18(21)19-15-7-12-5-6-20(9-12)10-15/h1,3-4,8,11-12,15H,5-7,9-10H2,(H,19,21)/t12-,15+/m0/s1. The van der Waals surface area contributed by atoms with Crippen molar-refractivity contribution < 1.29 is 9.21 Å². The van der Waals surface area contributed by atoms with E-state index in [1.54, 1.807) is 12.3 Å². The number of nitrogens with one attached hydrogen (secondary N) is 1. The molecule has 1 aromatic heterocycles. The lowest BCUT2D eigenvalue weighted by Gasteiger charge is -2.30. The summed E-state index contributed by atoms with van der Waals surface area (Å²) >= 11 is 0. The Bertz CT molecular complexity index is 759. The van der Waals surface area contributed by atoms with Gasteiger partial charge < -0.3 is 14.6 Å². The van der Waals surface area contributed by atoms with Crippen LogP contribution in [0.3, 0.4) is 0 Å². The molecule has 2 aliphatic rings. The molecule has 1 amide bonds. The van der Waals surface area contributed by atoms with Gasteiger partial charge in [0.25, 0.3) is 5.91 Å². The predicted molar refractivity (Wildman–Crippen MR) is 84.6 cm³/mol. The van der Waals surface area contributed by atoms with Crippen molar-refractivity contribution in [2.45, 2.75) is 18.9 Å². The van der Waals surface area contributed by atoms with Crippen LogP contribution in [0.5, 0.6) is 0 Å². The quantitative estimate of drug-likeness (QED) is 0.864. The molecule has 0 aliphatic carbocycles. The SMILES string of the molecule is C#Cc1coc2cc(C(=O)N[C@@H]3C[C@@H]4CCN(C4)C3)ccc12. The van der Waals surface area contributed by atoms with Crippen LogP contribution in [-0.2, 0) is 0 Å². The topological polar surface area (TPSA) is 45.5 Å². The molecule has 3 atom stereocenters. The molecule has 3 heterocycles. The largest absolute Gasteiger partial charge is 0.463 e. The minimum atomic E-state index is -0.0342. The summed E-state index contributed by atoms with van der Waals surface area (Å²) < 4.78 is 5.43. The van der Waals surface area contributed by atoms with Gasteiger partial charge in [0, 0.05) is 30.1 Å². The second-order valence-corrected chi connectivity index (χ2v) is 6.33. The van der Waals surface area contributed by atoms with Crippen LogP contribution >= 0.6 is 0 Å². The molecule has 1 aromatic carbocycles. The van der Waals surface area contributed by atoms with Crippen molar-refractivity contribution >= 4 is 16.9 Å². The second-order valence-electron chi connectivity index (χ2n) is 6.33. The predicted octanol–water partition coefficient (Wildman–Crippen LogP) is 2.24. The van der Waals surface area contributed by atoms with Crippen molar-refractivity contribution in [3.63, 3.8) is 0 Å². The van der Waals surface area contributed by atoms with Gasteiger partial charge in [-0.25, -0.2) is 0 Å². The number of hydrogen-bond acceptors (Lipinski definition) is 3. The fourth-order valence-electron chi connectivity index (χ4n) is 3.71. The summed E-state index contributed by atoms with van der Waals surface area (Å²) in [5.41, 5.74) is 2.00. The zero-order valence-corrected chi connectivity index (χ0v) is 12.3. The van der Waals surface area contributed by atoms with E-state index >= 15 is 0 Å². The van der Waals surface area contributed by atoms with Crippen LogP contribution in [0, 0.1) is 18.3 Å². The molecule has 112 valence electrons.